The molecular weight excluding hydrogens is 176 g/mol. The van der Waals surface area contributed by atoms with Crippen LogP contribution < -0.4 is 0 Å². The first-order valence-electron chi connectivity index (χ1n) is 3.88. The van der Waals surface area contributed by atoms with Gasteiger partial charge in [0.25, 0.3) is 0 Å². The molecule has 74 valence electrons. The summed E-state index contributed by atoms with van der Waals surface area (Å²) in [6, 6.07) is 0. The molecule has 13 heavy (non-hydrogen) atoms. The molecule has 0 unspecified atom stereocenters. The van der Waals surface area contributed by atoms with Gasteiger partial charge in [-0.3, -0.25) is 0 Å². The summed E-state index contributed by atoms with van der Waals surface area (Å²) in [5.41, 5.74) is 0. The Morgan fingerprint density at radius 3 is 2.69 bits per heavy atom. The number of hydrogen-bond acceptors (Lipinski definition) is 5. The zero-order valence-corrected chi connectivity index (χ0v) is 6.96. The molecular formula is C8H12O5. The third-order valence-electron chi connectivity index (χ3n) is 1.85. The van der Waals surface area contributed by atoms with Crippen LogP contribution in [-0.4, -0.2) is 53.1 Å². The van der Waals surface area contributed by atoms with Crippen LogP contribution in [0.2, 0.25) is 0 Å². The Balaban J connectivity index is 2.53. The average molecular weight is 188 g/mol. The van der Waals surface area contributed by atoms with Gasteiger partial charge in [-0.05, 0) is 0 Å². The predicted octanol–water partition coefficient (Wildman–Crippen LogP) is -1.92. The highest BCUT2D eigenvalue weighted by molar-refractivity contribution is 4.90. The molecule has 0 radical (unpaired) electrons. The molecule has 0 spiro atoms. The van der Waals surface area contributed by atoms with E-state index in [0.29, 0.717) is 0 Å². The number of terminal acetylenes is 1. The monoisotopic (exact) mass is 188 g/mol. The molecule has 1 aliphatic heterocycles. The zero-order valence-electron chi connectivity index (χ0n) is 6.96. The fraction of sp³-hybridized carbons (Fsp3) is 0.750. The smallest absolute Gasteiger partial charge is 0.184 e. The summed E-state index contributed by atoms with van der Waals surface area (Å²) in [5, 5.41) is 27.2. The van der Waals surface area contributed by atoms with E-state index in [4.69, 9.17) is 26.1 Å². The summed E-state index contributed by atoms with van der Waals surface area (Å²) >= 11 is 0. The molecule has 1 saturated heterocycles. The maximum atomic E-state index is 9.31. The van der Waals surface area contributed by atoms with Crippen LogP contribution in [0.15, 0.2) is 0 Å². The standard InChI is InChI=1S/C8H12O5/c1-2-3-12-7-5(4-9)13-8(11)6(7)10/h1,5-11H,3-4H2/t5-,6-,7-,8-/m1/s1. The van der Waals surface area contributed by atoms with Gasteiger partial charge in [0.15, 0.2) is 6.29 Å². The number of aliphatic hydroxyl groups excluding tert-OH is 3. The van der Waals surface area contributed by atoms with E-state index in [-0.39, 0.29) is 13.2 Å². The lowest BCUT2D eigenvalue weighted by Gasteiger charge is -2.17. The second-order valence-corrected chi connectivity index (χ2v) is 2.72. The Morgan fingerprint density at radius 2 is 2.15 bits per heavy atom. The van der Waals surface area contributed by atoms with Gasteiger partial charge < -0.3 is 24.8 Å². The second kappa shape index (κ2) is 4.56. The Labute approximate surface area is 75.9 Å². The lowest BCUT2D eigenvalue weighted by molar-refractivity contribution is -0.132. The van der Waals surface area contributed by atoms with Gasteiger partial charge in [0.1, 0.15) is 24.9 Å². The van der Waals surface area contributed by atoms with Crippen molar-refractivity contribution in [3.8, 4) is 12.3 Å². The van der Waals surface area contributed by atoms with Gasteiger partial charge in [-0.2, -0.15) is 0 Å². The summed E-state index contributed by atoms with van der Waals surface area (Å²) in [7, 11) is 0. The first-order valence-corrected chi connectivity index (χ1v) is 3.88. The maximum absolute atomic E-state index is 9.31. The van der Waals surface area contributed by atoms with Crippen molar-refractivity contribution in [2.45, 2.75) is 24.6 Å². The molecule has 1 rings (SSSR count). The molecule has 0 bridgehead atoms. The van der Waals surface area contributed by atoms with Gasteiger partial charge in [-0.1, -0.05) is 5.92 Å². The van der Waals surface area contributed by atoms with Crippen LogP contribution in [0, 0.1) is 12.3 Å². The van der Waals surface area contributed by atoms with Crippen LogP contribution in [0.5, 0.6) is 0 Å². The van der Waals surface area contributed by atoms with E-state index in [0.717, 1.165) is 0 Å². The van der Waals surface area contributed by atoms with E-state index < -0.39 is 24.6 Å². The fourth-order valence-electron chi connectivity index (χ4n) is 1.22. The topological polar surface area (TPSA) is 79.2 Å². The molecule has 0 aromatic heterocycles. The van der Waals surface area contributed by atoms with Crippen molar-refractivity contribution in [3.63, 3.8) is 0 Å². The van der Waals surface area contributed by atoms with Crippen LogP contribution in [0.3, 0.4) is 0 Å². The molecule has 4 atom stereocenters. The van der Waals surface area contributed by atoms with Crippen molar-refractivity contribution in [1.82, 2.24) is 0 Å². The Bertz CT molecular complexity index is 199. The molecule has 0 aromatic carbocycles. The third kappa shape index (κ3) is 2.18. The molecule has 1 heterocycles. The number of rotatable bonds is 3. The van der Waals surface area contributed by atoms with Crippen LogP contribution >= 0.6 is 0 Å². The van der Waals surface area contributed by atoms with Crippen molar-refractivity contribution >= 4 is 0 Å². The summed E-state index contributed by atoms with van der Waals surface area (Å²) in [6.45, 7) is -0.322. The summed E-state index contributed by atoms with van der Waals surface area (Å²) in [6.07, 6.45) is 0.979. The van der Waals surface area contributed by atoms with Gasteiger partial charge in [0.05, 0.1) is 6.61 Å². The SMILES string of the molecule is C#CCO[C@H]1[C@@H](O)[C@H](O)O[C@@H]1CO. The molecule has 0 aliphatic carbocycles. The lowest BCUT2D eigenvalue weighted by atomic mass is 10.1. The highest BCUT2D eigenvalue weighted by Crippen LogP contribution is 2.21. The molecule has 1 fully saturated rings. The van der Waals surface area contributed by atoms with Crippen molar-refractivity contribution in [2.24, 2.45) is 0 Å². The van der Waals surface area contributed by atoms with E-state index in [2.05, 4.69) is 5.92 Å². The summed E-state index contributed by atoms with van der Waals surface area (Å²) in [4.78, 5) is 0. The van der Waals surface area contributed by atoms with E-state index in [9.17, 15) is 5.11 Å². The highest BCUT2D eigenvalue weighted by atomic mass is 16.7. The largest absolute Gasteiger partial charge is 0.394 e. The zero-order chi connectivity index (χ0) is 9.84. The molecule has 1 aliphatic rings. The second-order valence-electron chi connectivity index (χ2n) is 2.72. The van der Waals surface area contributed by atoms with Crippen molar-refractivity contribution in [1.29, 1.82) is 0 Å². The Morgan fingerprint density at radius 1 is 1.46 bits per heavy atom. The maximum Gasteiger partial charge on any atom is 0.184 e. The average Bonchev–Trinajstić information content (AvgIpc) is 2.40. The predicted molar refractivity (Wildman–Crippen MR) is 42.5 cm³/mol. The molecule has 5 heteroatoms. The Hall–Kier alpha value is -0.640. The van der Waals surface area contributed by atoms with Gasteiger partial charge in [0, 0.05) is 0 Å². The van der Waals surface area contributed by atoms with Crippen molar-refractivity contribution < 1.29 is 24.8 Å². The fourth-order valence-corrected chi connectivity index (χ4v) is 1.22. The quantitative estimate of drug-likeness (QED) is 0.450. The van der Waals surface area contributed by atoms with Gasteiger partial charge in [0.2, 0.25) is 0 Å². The molecule has 0 saturated carbocycles. The first-order chi connectivity index (χ1) is 6.20. The number of ether oxygens (including phenoxy) is 2. The summed E-state index contributed by atoms with van der Waals surface area (Å²) < 4.78 is 9.80. The molecule has 0 amide bonds. The molecule has 3 N–H and O–H groups in total. The van der Waals surface area contributed by atoms with E-state index >= 15 is 0 Å². The van der Waals surface area contributed by atoms with Crippen LogP contribution in [-0.2, 0) is 9.47 Å². The molecule has 5 nitrogen and oxygen atoms in total. The minimum atomic E-state index is -1.32. The van der Waals surface area contributed by atoms with E-state index in [1.807, 2.05) is 0 Å². The van der Waals surface area contributed by atoms with Crippen molar-refractivity contribution in [2.75, 3.05) is 13.2 Å². The lowest BCUT2D eigenvalue weighted by Crippen LogP contribution is -2.36. The van der Waals surface area contributed by atoms with Crippen LogP contribution in [0.25, 0.3) is 0 Å². The number of hydrogen-bond donors (Lipinski definition) is 3. The third-order valence-corrected chi connectivity index (χ3v) is 1.85. The van der Waals surface area contributed by atoms with Gasteiger partial charge in [-0.15, -0.1) is 6.42 Å². The highest BCUT2D eigenvalue weighted by Gasteiger charge is 2.43. The minimum Gasteiger partial charge on any atom is -0.394 e. The Kier molecular flexibility index (Phi) is 3.66. The van der Waals surface area contributed by atoms with Gasteiger partial charge in [-0.25, -0.2) is 0 Å². The minimum absolute atomic E-state index is 0.00824. The summed E-state index contributed by atoms with van der Waals surface area (Å²) in [5.74, 6) is 2.22. The van der Waals surface area contributed by atoms with Gasteiger partial charge >= 0.3 is 0 Å². The number of aliphatic hydroxyl groups is 3. The van der Waals surface area contributed by atoms with Crippen LogP contribution in [0.4, 0.5) is 0 Å². The van der Waals surface area contributed by atoms with Crippen LogP contribution in [0.1, 0.15) is 0 Å². The van der Waals surface area contributed by atoms with E-state index in [1.54, 1.807) is 0 Å². The normalized spacial score (nSPS) is 38.9. The van der Waals surface area contributed by atoms with Crippen molar-refractivity contribution in [3.05, 3.63) is 0 Å². The van der Waals surface area contributed by atoms with E-state index in [1.165, 1.54) is 0 Å². The molecule has 0 aromatic rings. The first kappa shape index (κ1) is 10.4.